The standard InChI is InChI=1S/C18H20FN5OS/c1-24-9-11(8-21-24)16(25)22-13-4-5-15(19)14(7-13)18-6-2-3-12(18)10-26-17(20)23-18/h4-5,7-9,12H,2-3,6,10H2,1H3,(H2,20,23)(H,22,25)/t12-,18-/m0/s1. The number of hydrogen-bond acceptors (Lipinski definition) is 5. The number of nitrogens with two attached hydrogens (primary N) is 1. The van der Waals surface area contributed by atoms with Crippen molar-refractivity contribution in [3.63, 3.8) is 0 Å². The highest BCUT2D eigenvalue weighted by Gasteiger charge is 2.48. The molecule has 1 aromatic carbocycles. The third-order valence-corrected chi connectivity index (χ3v) is 6.14. The fourth-order valence-electron chi connectivity index (χ4n) is 3.94. The van der Waals surface area contributed by atoms with Crippen LogP contribution in [-0.4, -0.2) is 26.6 Å². The molecule has 8 heteroatoms. The maximum Gasteiger partial charge on any atom is 0.258 e. The second kappa shape index (κ2) is 6.42. The van der Waals surface area contributed by atoms with Gasteiger partial charge in [0.1, 0.15) is 5.82 Å². The molecule has 3 N–H and O–H groups in total. The van der Waals surface area contributed by atoms with Gasteiger partial charge in [0.15, 0.2) is 5.17 Å². The van der Waals surface area contributed by atoms with E-state index in [1.54, 1.807) is 30.1 Å². The second-order valence-corrected chi connectivity index (χ2v) is 7.87. The Labute approximate surface area is 155 Å². The molecule has 2 atom stereocenters. The van der Waals surface area contributed by atoms with Crippen LogP contribution in [0.4, 0.5) is 10.1 Å². The minimum absolute atomic E-state index is 0.263. The zero-order chi connectivity index (χ0) is 18.3. The monoisotopic (exact) mass is 373 g/mol. The molecule has 0 spiro atoms. The number of anilines is 1. The number of rotatable bonds is 3. The molecule has 1 aliphatic carbocycles. The third-order valence-electron chi connectivity index (χ3n) is 5.19. The van der Waals surface area contributed by atoms with E-state index >= 15 is 0 Å². The van der Waals surface area contributed by atoms with E-state index in [9.17, 15) is 9.18 Å². The highest BCUT2D eigenvalue weighted by atomic mass is 32.2. The highest BCUT2D eigenvalue weighted by Crippen LogP contribution is 2.51. The summed E-state index contributed by atoms with van der Waals surface area (Å²) in [7, 11) is 1.75. The average molecular weight is 373 g/mol. The van der Waals surface area contributed by atoms with Crippen LogP contribution in [0.1, 0.15) is 35.2 Å². The number of halogens is 1. The predicted molar refractivity (Wildman–Crippen MR) is 101 cm³/mol. The summed E-state index contributed by atoms with van der Waals surface area (Å²) in [4.78, 5) is 17.0. The lowest BCUT2D eigenvalue weighted by atomic mass is 9.81. The number of benzene rings is 1. The number of nitrogens with zero attached hydrogens (tertiary/aromatic N) is 3. The van der Waals surface area contributed by atoms with Crippen molar-refractivity contribution in [2.75, 3.05) is 11.1 Å². The van der Waals surface area contributed by atoms with Crippen molar-refractivity contribution in [2.45, 2.75) is 24.8 Å². The van der Waals surface area contributed by atoms with Gasteiger partial charge in [0, 0.05) is 30.2 Å². The van der Waals surface area contributed by atoms with E-state index in [0.29, 0.717) is 22.0 Å². The molecule has 26 heavy (non-hydrogen) atoms. The molecule has 136 valence electrons. The first-order chi connectivity index (χ1) is 12.5. The number of carbonyl (C=O) groups excluding carboxylic acids is 1. The van der Waals surface area contributed by atoms with Crippen molar-refractivity contribution in [2.24, 2.45) is 23.7 Å². The molecule has 1 saturated carbocycles. The van der Waals surface area contributed by atoms with E-state index in [4.69, 9.17) is 5.73 Å². The van der Waals surface area contributed by atoms with E-state index in [1.807, 2.05) is 0 Å². The van der Waals surface area contributed by atoms with Crippen LogP contribution < -0.4 is 11.1 Å². The largest absolute Gasteiger partial charge is 0.379 e. The second-order valence-electron chi connectivity index (χ2n) is 6.83. The lowest BCUT2D eigenvalue weighted by Crippen LogP contribution is -2.37. The molecule has 1 aliphatic heterocycles. The highest BCUT2D eigenvalue weighted by molar-refractivity contribution is 8.13. The Kier molecular flexibility index (Phi) is 4.22. The summed E-state index contributed by atoms with van der Waals surface area (Å²) in [6.45, 7) is 0. The van der Waals surface area contributed by atoms with Gasteiger partial charge in [-0.05, 0) is 37.0 Å². The van der Waals surface area contributed by atoms with Gasteiger partial charge in [0.2, 0.25) is 0 Å². The van der Waals surface area contributed by atoms with Crippen LogP contribution in [0.15, 0.2) is 35.6 Å². The van der Waals surface area contributed by atoms with Gasteiger partial charge in [-0.25, -0.2) is 4.39 Å². The van der Waals surface area contributed by atoms with Crippen LogP contribution in [0, 0.1) is 11.7 Å². The lowest BCUT2D eigenvalue weighted by molar-refractivity contribution is 0.102. The van der Waals surface area contributed by atoms with Crippen LogP contribution in [0.3, 0.4) is 0 Å². The Morgan fingerprint density at radius 1 is 1.50 bits per heavy atom. The maximum absolute atomic E-state index is 14.7. The van der Waals surface area contributed by atoms with Crippen molar-refractivity contribution in [1.29, 1.82) is 0 Å². The number of amides is 1. The topological polar surface area (TPSA) is 85.3 Å². The zero-order valence-corrected chi connectivity index (χ0v) is 15.2. The number of fused-ring (bicyclic) bond motifs is 1. The average Bonchev–Trinajstić information content (AvgIpc) is 3.23. The van der Waals surface area contributed by atoms with Gasteiger partial charge in [0.25, 0.3) is 5.91 Å². The Morgan fingerprint density at radius 3 is 3.12 bits per heavy atom. The summed E-state index contributed by atoms with van der Waals surface area (Å²) in [6.07, 6.45) is 5.91. The van der Waals surface area contributed by atoms with E-state index in [1.165, 1.54) is 24.0 Å². The quantitative estimate of drug-likeness (QED) is 0.866. The first kappa shape index (κ1) is 17.1. The summed E-state index contributed by atoms with van der Waals surface area (Å²) in [6, 6.07) is 4.67. The fourth-order valence-corrected chi connectivity index (χ4v) is 4.98. The van der Waals surface area contributed by atoms with Gasteiger partial charge < -0.3 is 11.1 Å². The Hall–Kier alpha value is -2.35. The minimum Gasteiger partial charge on any atom is -0.379 e. The van der Waals surface area contributed by atoms with Crippen molar-refractivity contribution >= 4 is 28.5 Å². The number of aromatic nitrogens is 2. The van der Waals surface area contributed by atoms with Gasteiger partial charge in [-0.15, -0.1) is 0 Å². The molecule has 1 aromatic heterocycles. The summed E-state index contributed by atoms with van der Waals surface area (Å²) < 4.78 is 16.3. The molecule has 0 saturated heterocycles. The number of aryl methyl sites for hydroxylation is 1. The number of aliphatic imine (C=N–C) groups is 1. The molecule has 6 nitrogen and oxygen atoms in total. The SMILES string of the molecule is Cn1cc(C(=O)Nc2ccc(F)c([C@]34CCC[C@H]3CSC(N)=N4)c2)cn1. The molecular formula is C18H20FN5OS. The van der Waals surface area contributed by atoms with Crippen LogP contribution >= 0.6 is 11.8 Å². The number of hydrogen-bond donors (Lipinski definition) is 2. The first-order valence-electron chi connectivity index (χ1n) is 8.56. The molecule has 2 aromatic rings. The van der Waals surface area contributed by atoms with E-state index in [-0.39, 0.29) is 17.6 Å². The summed E-state index contributed by atoms with van der Waals surface area (Å²) in [5.74, 6) is 0.526. The zero-order valence-electron chi connectivity index (χ0n) is 14.4. The summed E-state index contributed by atoms with van der Waals surface area (Å²) in [5.41, 5.74) is 6.87. The van der Waals surface area contributed by atoms with Gasteiger partial charge in [-0.1, -0.05) is 18.2 Å². The van der Waals surface area contributed by atoms with Gasteiger partial charge in [-0.3, -0.25) is 14.5 Å². The lowest BCUT2D eigenvalue weighted by Gasteiger charge is -2.36. The molecular weight excluding hydrogens is 353 g/mol. The molecule has 2 heterocycles. The van der Waals surface area contributed by atoms with Crippen molar-refractivity contribution < 1.29 is 9.18 Å². The summed E-state index contributed by atoms with van der Waals surface area (Å²) >= 11 is 1.53. The Balaban J connectivity index is 1.68. The molecule has 1 fully saturated rings. The van der Waals surface area contributed by atoms with E-state index < -0.39 is 5.54 Å². The fraction of sp³-hybridized carbons (Fsp3) is 0.389. The molecule has 2 aliphatic rings. The van der Waals surface area contributed by atoms with Crippen molar-refractivity contribution in [3.05, 3.63) is 47.5 Å². The minimum atomic E-state index is -0.617. The third kappa shape index (κ3) is 2.88. The van der Waals surface area contributed by atoms with Gasteiger partial charge in [-0.2, -0.15) is 5.10 Å². The maximum atomic E-state index is 14.7. The van der Waals surface area contributed by atoms with Crippen LogP contribution in [-0.2, 0) is 12.6 Å². The van der Waals surface area contributed by atoms with Gasteiger partial charge in [0.05, 0.1) is 17.3 Å². The smallest absolute Gasteiger partial charge is 0.258 e. The van der Waals surface area contributed by atoms with Crippen LogP contribution in [0.5, 0.6) is 0 Å². The molecule has 0 radical (unpaired) electrons. The first-order valence-corrected chi connectivity index (χ1v) is 9.55. The number of nitrogens with one attached hydrogen (secondary N) is 1. The van der Waals surface area contributed by atoms with Crippen LogP contribution in [0.25, 0.3) is 0 Å². The van der Waals surface area contributed by atoms with E-state index in [2.05, 4.69) is 15.4 Å². The molecule has 1 amide bonds. The Morgan fingerprint density at radius 2 is 2.35 bits per heavy atom. The predicted octanol–water partition coefficient (Wildman–Crippen LogP) is 2.87. The molecule has 4 rings (SSSR count). The van der Waals surface area contributed by atoms with Gasteiger partial charge >= 0.3 is 0 Å². The Bertz CT molecular complexity index is 895. The molecule has 0 bridgehead atoms. The van der Waals surface area contributed by atoms with Crippen LogP contribution in [0.2, 0.25) is 0 Å². The number of thioether (sulfide) groups is 1. The van der Waals surface area contributed by atoms with Crippen molar-refractivity contribution in [3.8, 4) is 0 Å². The normalized spacial score (nSPS) is 24.8. The number of amidine groups is 1. The van der Waals surface area contributed by atoms with Crippen molar-refractivity contribution in [1.82, 2.24) is 9.78 Å². The molecule has 0 unspecified atom stereocenters. The van der Waals surface area contributed by atoms with E-state index in [0.717, 1.165) is 25.0 Å². The number of carbonyl (C=O) groups is 1. The summed E-state index contributed by atoms with van der Waals surface area (Å²) in [5, 5.41) is 7.33.